The van der Waals surface area contributed by atoms with Crippen LogP contribution in [0.25, 0.3) is 0 Å². The molecule has 17 heteroatoms. The number of ether oxygens (including phenoxy) is 2. The molecule has 4 aliphatic rings. The first-order chi connectivity index (χ1) is 25.8. The Balaban J connectivity index is 1.39. The quantitative estimate of drug-likeness (QED) is 0.233. The standard InChI is InChI=1S/C38H52FN5O10S/c1-6-17-38(5,34(48)42-55(51,52)27-14-15-27)41-32(46)31-19-26(53-36(50)43-20-24-11-8-12-29(39)28(24)22-43)21-44(31)33(47)30(40-35(49)54-37(2,3)4)16-13-25(45)18-23-9-7-10-23/h8,11-12,18,26-27,30-31H,6-7,9-10,13-17,19-22H2,1-5H3,(H,40,49)(H,41,46)(H,42,48)/t26-,30+,31+,38-/m1/s1. The van der Waals surface area contributed by atoms with E-state index in [2.05, 4.69) is 15.4 Å². The minimum atomic E-state index is -3.96. The van der Waals surface area contributed by atoms with E-state index in [1.165, 1.54) is 17.9 Å². The number of nitrogens with one attached hydrogen (secondary N) is 3. The zero-order valence-corrected chi connectivity index (χ0v) is 32.9. The smallest absolute Gasteiger partial charge is 0.410 e. The van der Waals surface area contributed by atoms with Crippen molar-refractivity contribution in [1.82, 2.24) is 25.2 Å². The Bertz CT molecular complexity index is 1840. The van der Waals surface area contributed by atoms with E-state index in [0.717, 1.165) is 29.7 Å². The van der Waals surface area contributed by atoms with Gasteiger partial charge in [-0.3, -0.25) is 28.8 Å². The number of hydrogen-bond donors (Lipinski definition) is 3. The molecule has 302 valence electrons. The van der Waals surface area contributed by atoms with E-state index >= 15 is 0 Å². The summed E-state index contributed by atoms with van der Waals surface area (Å²) in [6.45, 7) is 7.83. The van der Waals surface area contributed by atoms with Crippen molar-refractivity contribution >= 4 is 45.7 Å². The summed E-state index contributed by atoms with van der Waals surface area (Å²) in [5.74, 6) is -3.21. The van der Waals surface area contributed by atoms with Gasteiger partial charge >= 0.3 is 12.2 Å². The summed E-state index contributed by atoms with van der Waals surface area (Å²) >= 11 is 0. The van der Waals surface area contributed by atoms with E-state index < -0.39 is 80.3 Å². The minimum absolute atomic E-state index is 0.0412. The predicted octanol–water partition coefficient (Wildman–Crippen LogP) is 3.88. The van der Waals surface area contributed by atoms with Gasteiger partial charge in [0.05, 0.1) is 18.3 Å². The van der Waals surface area contributed by atoms with Crippen molar-refractivity contribution in [2.24, 2.45) is 0 Å². The molecule has 2 aliphatic carbocycles. The highest BCUT2D eigenvalue weighted by molar-refractivity contribution is 7.91. The average molecular weight is 790 g/mol. The Labute approximate surface area is 321 Å². The Kier molecular flexibility index (Phi) is 12.6. The van der Waals surface area contributed by atoms with Crippen LogP contribution < -0.4 is 15.4 Å². The lowest BCUT2D eigenvalue weighted by atomic mass is 9.91. The highest BCUT2D eigenvalue weighted by Crippen LogP contribution is 2.31. The molecule has 5 rings (SSSR count). The lowest BCUT2D eigenvalue weighted by molar-refractivity contribution is -0.142. The molecule has 0 radical (unpaired) electrons. The Morgan fingerprint density at radius 1 is 1.05 bits per heavy atom. The molecule has 5 amide bonds. The number of rotatable bonds is 14. The van der Waals surface area contributed by atoms with Crippen molar-refractivity contribution in [3.63, 3.8) is 0 Å². The number of likely N-dealkylation sites (tertiary alicyclic amines) is 1. The highest BCUT2D eigenvalue weighted by Gasteiger charge is 2.48. The van der Waals surface area contributed by atoms with Crippen LogP contribution in [0.5, 0.6) is 0 Å². The molecule has 2 heterocycles. The van der Waals surface area contributed by atoms with Gasteiger partial charge in [0.1, 0.15) is 35.1 Å². The number of ketones is 1. The number of alkyl carbamates (subject to hydrolysis) is 1. The van der Waals surface area contributed by atoms with Crippen molar-refractivity contribution in [2.45, 2.75) is 146 Å². The van der Waals surface area contributed by atoms with Gasteiger partial charge in [-0.15, -0.1) is 0 Å². The molecule has 0 bridgehead atoms. The van der Waals surface area contributed by atoms with Crippen LogP contribution in [-0.4, -0.2) is 95.0 Å². The number of nitrogens with zero attached hydrogens (tertiary/aromatic N) is 2. The molecule has 3 fully saturated rings. The van der Waals surface area contributed by atoms with Crippen molar-refractivity contribution in [2.75, 3.05) is 6.54 Å². The first kappa shape index (κ1) is 41.6. The molecular weight excluding hydrogens is 738 g/mol. The largest absolute Gasteiger partial charge is 0.444 e. The first-order valence-corrected chi connectivity index (χ1v) is 20.5. The minimum Gasteiger partial charge on any atom is -0.444 e. The zero-order valence-electron chi connectivity index (χ0n) is 32.1. The number of carbonyl (C=O) groups excluding carboxylic acids is 6. The van der Waals surface area contributed by atoms with E-state index in [9.17, 15) is 41.6 Å². The van der Waals surface area contributed by atoms with Crippen LogP contribution in [0.15, 0.2) is 29.8 Å². The number of fused-ring (bicyclic) bond motifs is 1. The van der Waals surface area contributed by atoms with Crippen LogP contribution in [0.2, 0.25) is 0 Å². The fraction of sp³-hybridized carbons (Fsp3) is 0.632. The molecule has 4 atom stereocenters. The van der Waals surface area contributed by atoms with Crippen LogP contribution in [0, 0.1) is 5.82 Å². The van der Waals surface area contributed by atoms with Crippen LogP contribution >= 0.6 is 0 Å². The highest BCUT2D eigenvalue weighted by atomic mass is 32.2. The number of allylic oxidation sites excluding steroid dienone is 2. The molecule has 1 aromatic carbocycles. The maximum Gasteiger partial charge on any atom is 0.410 e. The Hall–Kier alpha value is -4.54. The molecule has 2 aliphatic heterocycles. The third kappa shape index (κ3) is 10.6. The molecule has 0 aromatic heterocycles. The van der Waals surface area contributed by atoms with Gasteiger partial charge in [-0.2, -0.15) is 0 Å². The zero-order chi connectivity index (χ0) is 40.3. The van der Waals surface area contributed by atoms with Gasteiger partial charge in [0.15, 0.2) is 5.78 Å². The van der Waals surface area contributed by atoms with E-state index in [1.807, 2.05) is 0 Å². The molecule has 0 unspecified atom stereocenters. The van der Waals surface area contributed by atoms with Crippen LogP contribution in [0.4, 0.5) is 14.0 Å². The monoisotopic (exact) mass is 789 g/mol. The Morgan fingerprint density at radius 3 is 2.36 bits per heavy atom. The van der Waals surface area contributed by atoms with Crippen molar-refractivity contribution in [3.05, 3.63) is 46.8 Å². The number of hydrogen-bond acceptors (Lipinski definition) is 10. The van der Waals surface area contributed by atoms with Gasteiger partial charge in [0, 0.05) is 24.9 Å². The van der Waals surface area contributed by atoms with E-state index in [1.54, 1.807) is 45.9 Å². The van der Waals surface area contributed by atoms with Gasteiger partial charge in [0.2, 0.25) is 21.8 Å². The molecule has 15 nitrogen and oxygen atoms in total. The maximum atomic E-state index is 14.5. The van der Waals surface area contributed by atoms with Gasteiger partial charge in [-0.1, -0.05) is 31.1 Å². The summed E-state index contributed by atoms with van der Waals surface area (Å²) in [6, 6.07) is 1.85. The summed E-state index contributed by atoms with van der Waals surface area (Å²) in [5, 5.41) is 4.53. The molecule has 1 saturated heterocycles. The first-order valence-electron chi connectivity index (χ1n) is 18.9. The molecule has 0 spiro atoms. The SMILES string of the molecule is CCC[C@@](C)(NC(=O)[C@@H]1C[C@@H](OC(=O)N2Cc3cccc(F)c3C2)CN1C(=O)[C@H](CCC(=O)C=C1CCC1)NC(=O)OC(C)(C)C)C(=O)NS(=O)(=O)C1CC1. The molecular formula is C38H52FN5O10S. The van der Waals surface area contributed by atoms with Crippen molar-refractivity contribution < 1.29 is 51.0 Å². The maximum absolute atomic E-state index is 14.5. The van der Waals surface area contributed by atoms with Crippen LogP contribution in [0.1, 0.15) is 110 Å². The second kappa shape index (κ2) is 16.7. The van der Waals surface area contributed by atoms with E-state index in [0.29, 0.717) is 30.4 Å². The summed E-state index contributed by atoms with van der Waals surface area (Å²) in [6.07, 6.45) is 2.20. The number of amides is 5. The van der Waals surface area contributed by atoms with E-state index in [-0.39, 0.29) is 51.1 Å². The van der Waals surface area contributed by atoms with Crippen molar-refractivity contribution in [1.29, 1.82) is 0 Å². The van der Waals surface area contributed by atoms with Gasteiger partial charge in [-0.25, -0.2) is 22.4 Å². The molecule has 3 N–H and O–H groups in total. The fourth-order valence-electron chi connectivity index (χ4n) is 6.91. The summed E-state index contributed by atoms with van der Waals surface area (Å²) in [5.41, 5.74) is -0.656. The molecule has 2 saturated carbocycles. The lowest BCUT2D eigenvalue weighted by Crippen LogP contribution is -2.62. The summed E-state index contributed by atoms with van der Waals surface area (Å²) in [7, 11) is -3.96. The van der Waals surface area contributed by atoms with Gasteiger partial charge in [-0.05, 0) is 90.3 Å². The van der Waals surface area contributed by atoms with Gasteiger partial charge in [0.25, 0.3) is 5.91 Å². The summed E-state index contributed by atoms with van der Waals surface area (Å²) in [4.78, 5) is 83.7. The Morgan fingerprint density at radius 2 is 1.76 bits per heavy atom. The van der Waals surface area contributed by atoms with Gasteiger partial charge < -0.3 is 25.0 Å². The number of carbonyl (C=O) groups is 6. The van der Waals surface area contributed by atoms with Crippen molar-refractivity contribution in [3.8, 4) is 0 Å². The van der Waals surface area contributed by atoms with E-state index in [4.69, 9.17) is 9.47 Å². The topological polar surface area (TPSA) is 198 Å². The second-order valence-electron chi connectivity index (χ2n) is 16.1. The van der Waals surface area contributed by atoms with Crippen LogP contribution in [-0.2, 0) is 51.8 Å². The summed E-state index contributed by atoms with van der Waals surface area (Å²) < 4.78 is 53.1. The third-order valence-corrected chi connectivity index (χ3v) is 12.0. The molecule has 55 heavy (non-hydrogen) atoms. The number of halogens is 1. The predicted molar refractivity (Wildman–Crippen MR) is 197 cm³/mol. The molecule has 1 aromatic rings. The fourth-order valence-corrected chi connectivity index (χ4v) is 8.32. The average Bonchev–Trinajstić information content (AvgIpc) is 3.71. The lowest BCUT2D eigenvalue weighted by Gasteiger charge is -2.33. The normalized spacial score (nSPS) is 21.0. The second-order valence-corrected chi connectivity index (χ2v) is 18.0. The number of sulfonamides is 1. The third-order valence-electron chi connectivity index (χ3n) is 10.2. The van der Waals surface area contributed by atoms with Crippen LogP contribution in [0.3, 0.4) is 0 Å². The number of benzene rings is 1.